The van der Waals surface area contributed by atoms with Crippen molar-refractivity contribution in [1.29, 1.82) is 0 Å². The first-order valence-corrected chi connectivity index (χ1v) is 12.3. The summed E-state index contributed by atoms with van der Waals surface area (Å²) in [7, 11) is 1.99. The van der Waals surface area contributed by atoms with Crippen LogP contribution in [0.2, 0.25) is 0 Å². The number of aliphatic hydroxyl groups is 1. The van der Waals surface area contributed by atoms with Crippen LogP contribution in [0, 0.1) is 11.8 Å². The van der Waals surface area contributed by atoms with E-state index in [1.165, 1.54) is 0 Å². The summed E-state index contributed by atoms with van der Waals surface area (Å²) >= 11 is 0. The Morgan fingerprint density at radius 1 is 1.19 bits per heavy atom. The fraction of sp³-hybridized carbons (Fsp3) is 0.692. The first kappa shape index (κ1) is 26.3. The van der Waals surface area contributed by atoms with Gasteiger partial charge in [0, 0.05) is 19.2 Å². The molecule has 1 heterocycles. The van der Waals surface area contributed by atoms with Gasteiger partial charge in [0.1, 0.15) is 6.04 Å². The van der Waals surface area contributed by atoms with Crippen LogP contribution in [0.3, 0.4) is 0 Å². The third kappa shape index (κ3) is 7.04. The second kappa shape index (κ2) is 12.9. The fourth-order valence-electron chi connectivity index (χ4n) is 4.64. The van der Waals surface area contributed by atoms with Gasteiger partial charge in [-0.2, -0.15) is 0 Å². The van der Waals surface area contributed by atoms with Crippen LogP contribution >= 0.6 is 0 Å². The number of rotatable bonds is 11. The van der Waals surface area contributed by atoms with E-state index in [2.05, 4.69) is 31.0 Å². The number of nitrogens with zero attached hydrogens (tertiary/aromatic N) is 2. The van der Waals surface area contributed by atoms with Crippen molar-refractivity contribution in [3.8, 4) is 0 Å². The molecule has 6 nitrogen and oxygen atoms in total. The van der Waals surface area contributed by atoms with E-state index in [4.69, 9.17) is 0 Å². The zero-order chi connectivity index (χ0) is 23.7. The Kier molecular flexibility index (Phi) is 10.7. The van der Waals surface area contributed by atoms with Gasteiger partial charge in [0.15, 0.2) is 0 Å². The molecule has 0 aromatic heterocycles. The van der Waals surface area contributed by atoms with Gasteiger partial charge in [-0.3, -0.25) is 14.5 Å². The summed E-state index contributed by atoms with van der Waals surface area (Å²) in [5.74, 6) is 0.101. The summed E-state index contributed by atoms with van der Waals surface area (Å²) < 4.78 is 0. The Labute approximate surface area is 194 Å². The number of amides is 2. The lowest BCUT2D eigenvalue weighted by atomic mass is 9.93. The first-order chi connectivity index (χ1) is 15.3. The fourth-order valence-corrected chi connectivity index (χ4v) is 4.64. The molecular weight excluding hydrogens is 402 g/mol. The Balaban J connectivity index is 2.32. The molecule has 0 saturated carbocycles. The zero-order valence-electron chi connectivity index (χ0n) is 20.6. The molecule has 1 aliphatic heterocycles. The molecule has 2 N–H and O–H groups in total. The van der Waals surface area contributed by atoms with E-state index in [1.54, 1.807) is 0 Å². The number of benzene rings is 1. The Morgan fingerprint density at radius 3 is 2.44 bits per heavy atom. The van der Waals surface area contributed by atoms with E-state index in [0.717, 1.165) is 37.8 Å². The lowest BCUT2D eigenvalue weighted by molar-refractivity contribution is -0.143. The van der Waals surface area contributed by atoms with Crippen molar-refractivity contribution in [2.45, 2.75) is 84.5 Å². The Morgan fingerprint density at radius 2 is 1.88 bits per heavy atom. The number of hydrogen-bond donors (Lipinski definition) is 2. The average molecular weight is 446 g/mol. The van der Waals surface area contributed by atoms with Crippen LogP contribution in [0.15, 0.2) is 30.3 Å². The second-order valence-corrected chi connectivity index (χ2v) is 9.64. The highest BCUT2D eigenvalue weighted by molar-refractivity contribution is 5.90. The van der Waals surface area contributed by atoms with E-state index in [9.17, 15) is 14.7 Å². The topological polar surface area (TPSA) is 72.9 Å². The quantitative estimate of drug-likeness (QED) is 0.547. The molecular formula is C26H43N3O3. The van der Waals surface area contributed by atoms with Gasteiger partial charge >= 0.3 is 0 Å². The molecule has 0 unspecified atom stereocenters. The third-order valence-corrected chi connectivity index (χ3v) is 6.92. The van der Waals surface area contributed by atoms with Gasteiger partial charge in [-0.15, -0.1) is 0 Å². The number of aliphatic hydroxyl groups excluding tert-OH is 1. The monoisotopic (exact) mass is 445 g/mol. The molecule has 0 bridgehead atoms. The number of carbonyl (C=O) groups is 2. The van der Waals surface area contributed by atoms with Gasteiger partial charge in [-0.1, -0.05) is 70.9 Å². The van der Waals surface area contributed by atoms with Crippen molar-refractivity contribution in [1.82, 2.24) is 15.1 Å². The predicted octanol–water partition coefficient (Wildman–Crippen LogP) is 3.44. The van der Waals surface area contributed by atoms with Crippen molar-refractivity contribution in [3.05, 3.63) is 35.9 Å². The number of hydrogen-bond acceptors (Lipinski definition) is 4. The summed E-state index contributed by atoms with van der Waals surface area (Å²) in [5, 5.41) is 12.8. The van der Waals surface area contributed by atoms with Crippen molar-refractivity contribution in [2.75, 3.05) is 20.2 Å². The van der Waals surface area contributed by atoms with Crippen molar-refractivity contribution >= 4 is 11.8 Å². The van der Waals surface area contributed by atoms with Gasteiger partial charge in [-0.25, -0.2) is 0 Å². The number of piperidine rings is 1. The minimum atomic E-state index is -0.577. The molecule has 0 aliphatic carbocycles. The minimum Gasteiger partial charge on any atom is -0.396 e. The van der Waals surface area contributed by atoms with Crippen molar-refractivity contribution in [2.24, 2.45) is 11.8 Å². The van der Waals surface area contributed by atoms with Crippen LogP contribution in [0.4, 0.5) is 0 Å². The Bertz CT molecular complexity index is 710. The number of likely N-dealkylation sites (tertiary alicyclic amines) is 1. The van der Waals surface area contributed by atoms with Crippen LogP contribution in [0.25, 0.3) is 0 Å². The lowest BCUT2D eigenvalue weighted by Crippen LogP contribution is -2.58. The molecule has 0 spiro atoms. The predicted molar refractivity (Wildman–Crippen MR) is 129 cm³/mol. The molecule has 2 rings (SSSR count). The number of nitrogens with one attached hydrogen (secondary N) is 1. The summed E-state index contributed by atoms with van der Waals surface area (Å²) in [6, 6.07) is 9.09. The molecule has 32 heavy (non-hydrogen) atoms. The van der Waals surface area contributed by atoms with Crippen LogP contribution in [0.5, 0.6) is 0 Å². The largest absolute Gasteiger partial charge is 0.396 e. The van der Waals surface area contributed by atoms with Crippen molar-refractivity contribution in [3.63, 3.8) is 0 Å². The summed E-state index contributed by atoms with van der Waals surface area (Å²) in [4.78, 5) is 31.2. The molecule has 1 aliphatic rings. The van der Waals surface area contributed by atoms with Gasteiger partial charge in [-0.05, 0) is 50.3 Å². The summed E-state index contributed by atoms with van der Waals surface area (Å²) in [6.45, 7) is 9.65. The zero-order valence-corrected chi connectivity index (χ0v) is 20.6. The highest BCUT2D eigenvalue weighted by Crippen LogP contribution is 2.23. The smallest absolute Gasteiger partial charge is 0.245 e. The maximum atomic E-state index is 14.0. The highest BCUT2D eigenvalue weighted by Gasteiger charge is 2.36. The van der Waals surface area contributed by atoms with Gasteiger partial charge < -0.3 is 15.3 Å². The van der Waals surface area contributed by atoms with E-state index in [1.807, 2.05) is 49.2 Å². The molecule has 1 fully saturated rings. The molecule has 1 aromatic rings. The molecule has 1 saturated heterocycles. The molecule has 6 heteroatoms. The van der Waals surface area contributed by atoms with Crippen LogP contribution < -0.4 is 5.32 Å². The van der Waals surface area contributed by atoms with E-state index < -0.39 is 6.04 Å². The standard InChI is InChI=1S/C26H43N3O3/c1-6-20(4)24(27-25(31)23-14-10-11-16-28(23)5)26(32)29(22(15-17-30)19(2)3)18-21-12-8-7-9-13-21/h7-9,12-13,19-20,22-24,30H,6,10-11,14-18H2,1-5H3,(H,27,31)/t20-,22+,23+,24-/m0/s1. The summed E-state index contributed by atoms with van der Waals surface area (Å²) in [5.41, 5.74) is 1.05. The molecule has 0 radical (unpaired) electrons. The number of likely N-dealkylation sites (N-methyl/N-ethyl adjacent to an activating group) is 1. The number of carbonyl (C=O) groups excluding carboxylic acids is 2. The Hall–Kier alpha value is -1.92. The van der Waals surface area contributed by atoms with Crippen LogP contribution in [-0.4, -0.2) is 65.0 Å². The first-order valence-electron chi connectivity index (χ1n) is 12.3. The van der Waals surface area contributed by atoms with Crippen LogP contribution in [-0.2, 0) is 16.1 Å². The molecule has 4 atom stereocenters. The van der Waals surface area contributed by atoms with Gasteiger partial charge in [0.2, 0.25) is 11.8 Å². The SMILES string of the molecule is CC[C@H](C)[C@H](NC(=O)[C@H]1CCCCN1C)C(=O)N(Cc1ccccc1)[C@H](CCO)C(C)C. The second-order valence-electron chi connectivity index (χ2n) is 9.64. The molecule has 2 amide bonds. The highest BCUT2D eigenvalue weighted by atomic mass is 16.3. The van der Waals surface area contributed by atoms with Gasteiger partial charge in [0.25, 0.3) is 0 Å². The maximum absolute atomic E-state index is 14.0. The lowest BCUT2D eigenvalue weighted by Gasteiger charge is -2.39. The van der Waals surface area contributed by atoms with Crippen molar-refractivity contribution < 1.29 is 14.7 Å². The van der Waals surface area contributed by atoms with E-state index in [-0.39, 0.29) is 42.3 Å². The van der Waals surface area contributed by atoms with E-state index in [0.29, 0.717) is 13.0 Å². The normalized spacial score (nSPS) is 19.9. The summed E-state index contributed by atoms with van der Waals surface area (Å²) in [6.07, 6.45) is 4.29. The third-order valence-electron chi connectivity index (χ3n) is 6.92. The molecule has 1 aromatic carbocycles. The minimum absolute atomic E-state index is 0.0144. The molecule has 180 valence electrons. The van der Waals surface area contributed by atoms with Crippen LogP contribution in [0.1, 0.15) is 65.4 Å². The maximum Gasteiger partial charge on any atom is 0.245 e. The average Bonchev–Trinajstić information content (AvgIpc) is 2.79. The van der Waals surface area contributed by atoms with E-state index >= 15 is 0 Å². The van der Waals surface area contributed by atoms with Gasteiger partial charge in [0.05, 0.1) is 6.04 Å².